The maximum absolute atomic E-state index is 13.1. The van der Waals surface area contributed by atoms with Gasteiger partial charge in [0.2, 0.25) is 5.91 Å². The van der Waals surface area contributed by atoms with Crippen LogP contribution in [-0.2, 0) is 22.7 Å². The Morgan fingerprint density at radius 3 is 2.69 bits per heavy atom. The Balaban J connectivity index is 1.43. The van der Waals surface area contributed by atoms with Crippen molar-refractivity contribution in [3.8, 4) is 0 Å². The molecule has 1 aliphatic heterocycles. The summed E-state index contributed by atoms with van der Waals surface area (Å²) in [6.07, 6.45) is 5.10. The Labute approximate surface area is 213 Å². The van der Waals surface area contributed by atoms with Crippen LogP contribution in [0.15, 0.2) is 80.9 Å². The molecule has 3 amide bonds. The normalized spacial score (nSPS) is 14.9. The van der Waals surface area contributed by atoms with Crippen LogP contribution in [-0.4, -0.2) is 21.6 Å². The Hall–Kier alpha value is -3.56. The van der Waals surface area contributed by atoms with Crippen molar-refractivity contribution in [2.75, 3.05) is 4.90 Å². The molecule has 0 bridgehead atoms. The van der Waals surface area contributed by atoms with Crippen molar-refractivity contribution in [2.45, 2.75) is 20.0 Å². The van der Waals surface area contributed by atoms with Gasteiger partial charge in [-0.1, -0.05) is 33.6 Å². The largest absolute Gasteiger partial charge is 0.467 e. The lowest BCUT2D eigenvalue weighted by molar-refractivity contribution is -0.121. The molecule has 0 aliphatic carbocycles. The molecule has 1 aliphatic rings. The predicted octanol–water partition coefficient (Wildman–Crippen LogP) is 5.86. The highest BCUT2D eigenvalue weighted by Gasteiger charge is 2.36. The molecule has 9 heteroatoms. The quantitative estimate of drug-likeness (QED) is 0.304. The second-order valence-electron chi connectivity index (χ2n) is 8.08. The molecule has 0 atom stereocenters. The molecule has 2 aromatic heterocycles. The highest BCUT2D eigenvalue weighted by molar-refractivity contribution is 9.10. The van der Waals surface area contributed by atoms with Crippen LogP contribution in [0.2, 0.25) is 0 Å². The molecule has 1 fully saturated rings. The first-order valence-electron chi connectivity index (χ1n) is 10.8. The van der Waals surface area contributed by atoms with E-state index >= 15 is 0 Å². The molecule has 35 heavy (non-hydrogen) atoms. The van der Waals surface area contributed by atoms with Gasteiger partial charge in [0.05, 0.1) is 23.4 Å². The highest BCUT2D eigenvalue weighted by Crippen LogP contribution is 2.37. The minimum absolute atomic E-state index is 0.0948. The van der Waals surface area contributed by atoms with E-state index in [-0.39, 0.29) is 23.6 Å². The Kier molecular flexibility index (Phi) is 6.36. The molecular weight excluding hydrogens is 530 g/mol. The summed E-state index contributed by atoms with van der Waals surface area (Å²) in [4.78, 5) is 39.9. The van der Waals surface area contributed by atoms with Crippen molar-refractivity contribution >= 4 is 67.4 Å². The van der Waals surface area contributed by atoms with Crippen LogP contribution in [0.4, 0.5) is 10.5 Å². The summed E-state index contributed by atoms with van der Waals surface area (Å²) in [6.45, 7) is 2.34. The first-order valence-corrected chi connectivity index (χ1v) is 12.4. The first-order chi connectivity index (χ1) is 16.9. The number of aryl methyl sites for hydroxylation is 1. The Bertz CT molecular complexity index is 1470. The van der Waals surface area contributed by atoms with Crippen LogP contribution in [0, 0.1) is 6.92 Å². The van der Waals surface area contributed by atoms with E-state index in [1.54, 1.807) is 36.6 Å². The molecule has 4 aromatic rings. The highest BCUT2D eigenvalue weighted by atomic mass is 79.9. The average Bonchev–Trinajstić information content (AvgIpc) is 3.53. The van der Waals surface area contributed by atoms with E-state index in [0.29, 0.717) is 22.9 Å². The van der Waals surface area contributed by atoms with Crippen molar-refractivity contribution in [3.63, 3.8) is 0 Å². The number of nitrogens with one attached hydrogen (secondary N) is 1. The van der Waals surface area contributed by atoms with Crippen LogP contribution in [0.3, 0.4) is 0 Å². The number of imide groups is 1. The van der Waals surface area contributed by atoms with Gasteiger partial charge in [-0.3, -0.25) is 14.4 Å². The zero-order valence-electron chi connectivity index (χ0n) is 18.7. The number of hydrogen-bond acceptors (Lipinski definition) is 5. The van der Waals surface area contributed by atoms with Crippen LogP contribution < -0.4 is 10.2 Å². The molecule has 5 rings (SSSR count). The third kappa shape index (κ3) is 4.82. The maximum atomic E-state index is 13.1. The molecule has 1 N–H and O–H groups in total. The predicted molar refractivity (Wildman–Crippen MR) is 140 cm³/mol. The molecule has 1 saturated heterocycles. The number of carbonyl (C=O) groups is 3. The number of benzene rings is 2. The van der Waals surface area contributed by atoms with E-state index in [2.05, 4.69) is 21.2 Å². The minimum Gasteiger partial charge on any atom is -0.467 e. The van der Waals surface area contributed by atoms with Gasteiger partial charge in [0.15, 0.2) is 0 Å². The molecule has 0 unspecified atom stereocenters. The van der Waals surface area contributed by atoms with Crippen molar-refractivity contribution in [1.29, 1.82) is 0 Å². The third-order valence-electron chi connectivity index (χ3n) is 5.60. The minimum atomic E-state index is -0.365. The van der Waals surface area contributed by atoms with Crippen molar-refractivity contribution in [2.24, 2.45) is 0 Å². The number of rotatable bonds is 6. The molecular formula is C26H20BrN3O4S. The van der Waals surface area contributed by atoms with E-state index < -0.39 is 0 Å². The fraction of sp³-hybridized carbons (Fsp3) is 0.115. The van der Waals surface area contributed by atoms with Gasteiger partial charge in [0.25, 0.3) is 11.1 Å². The van der Waals surface area contributed by atoms with E-state index in [4.69, 9.17) is 4.42 Å². The van der Waals surface area contributed by atoms with Gasteiger partial charge in [-0.2, -0.15) is 0 Å². The zero-order chi connectivity index (χ0) is 24.5. The first kappa shape index (κ1) is 23.2. The van der Waals surface area contributed by atoms with Gasteiger partial charge in [-0.15, -0.1) is 0 Å². The fourth-order valence-electron chi connectivity index (χ4n) is 3.88. The summed E-state index contributed by atoms with van der Waals surface area (Å²) < 4.78 is 7.96. The Morgan fingerprint density at radius 2 is 1.94 bits per heavy atom. The molecule has 3 heterocycles. The maximum Gasteiger partial charge on any atom is 0.298 e. The number of hydrogen-bond donors (Lipinski definition) is 1. The van der Waals surface area contributed by atoms with Gasteiger partial charge >= 0.3 is 0 Å². The lowest BCUT2D eigenvalue weighted by Gasteiger charge is -2.12. The van der Waals surface area contributed by atoms with Gasteiger partial charge in [0, 0.05) is 27.1 Å². The number of carbonyl (C=O) groups excluding carboxylic acids is 3. The topological polar surface area (TPSA) is 84.6 Å². The number of thioether (sulfide) groups is 1. The molecule has 7 nitrogen and oxygen atoms in total. The number of aromatic nitrogens is 1. The average molecular weight is 550 g/mol. The van der Waals surface area contributed by atoms with E-state index in [1.165, 1.54) is 4.90 Å². The summed E-state index contributed by atoms with van der Waals surface area (Å²) >= 11 is 4.41. The van der Waals surface area contributed by atoms with Gasteiger partial charge in [-0.05, 0) is 67.2 Å². The molecule has 2 aromatic carbocycles. The van der Waals surface area contributed by atoms with Crippen LogP contribution in [0.1, 0.15) is 16.9 Å². The molecule has 0 radical (unpaired) electrons. The number of amides is 3. The third-order valence-corrected chi connectivity index (χ3v) is 6.96. The lowest BCUT2D eigenvalue weighted by atomic mass is 10.1. The van der Waals surface area contributed by atoms with Gasteiger partial charge < -0.3 is 14.3 Å². The van der Waals surface area contributed by atoms with Crippen LogP contribution in [0.25, 0.3) is 17.0 Å². The standard InChI is InChI=1S/C26H20BrN3O4S/c1-16-4-7-19(8-5-16)30-25(32)23(35-26(30)33)11-17-14-29(22-9-6-18(27)12-21(17)22)15-24(31)28-13-20-3-2-10-34-20/h2-12,14H,13,15H2,1H3,(H,28,31)/b23-11-. The van der Waals surface area contributed by atoms with Gasteiger partial charge in [-0.25, -0.2) is 4.90 Å². The second-order valence-corrected chi connectivity index (χ2v) is 9.99. The van der Waals surface area contributed by atoms with Crippen molar-refractivity contribution < 1.29 is 18.8 Å². The number of anilines is 1. The summed E-state index contributed by atoms with van der Waals surface area (Å²) in [5.74, 6) is 0.132. The number of furan rings is 1. The zero-order valence-corrected chi connectivity index (χ0v) is 21.1. The number of nitrogens with zero attached hydrogens (tertiary/aromatic N) is 2. The lowest BCUT2D eigenvalue weighted by Crippen LogP contribution is -2.27. The Morgan fingerprint density at radius 1 is 1.14 bits per heavy atom. The molecule has 176 valence electrons. The van der Waals surface area contributed by atoms with E-state index in [1.807, 2.05) is 48.0 Å². The number of fused-ring (bicyclic) bond motifs is 1. The number of halogens is 1. The van der Waals surface area contributed by atoms with Gasteiger partial charge in [0.1, 0.15) is 12.3 Å². The monoisotopic (exact) mass is 549 g/mol. The summed E-state index contributed by atoms with van der Waals surface area (Å²) in [5, 5.41) is 3.37. The summed E-state index contributed by atoms with van der Waals surface area (Å²) in [6, 6.07) is 16.6. The summed E-state index contributed by atoms with van der Waals surface area (Å²) in [7, 11) is 0. The summed E-state index contributed by atoms with van der Waals surface area (Å²) in [5.41, 5.74) is 3.17. The fourth-order valence-corrected chi connectivity index (χ4v) is 5.07. The SMILES string of the molecule is Cc1ccc(N2C(=O)S/C(=C\c3cn(CC(=O)NCc4ccco4)c4ccc(Br)cc34)C2=O)cc1. The molecule has 0 spiro atoms. The smallest absolute Gasteiger partial charge is 0.298 e. The van der Waals surface area contributed by atoms with Crippen molar-refractivity contribution in [3.05, 3.63) is 93.3 Å². The van der Waals surface area contributed by atoms with Crippen molar-refractivity contribution in [1.82, 2.24) is 9.88 Å². The van der Waals surface area contributed by atoms with E-state index in [9.17, 15) is 14.4 Å². The van der Waals surface area contributed by atoms with Crippen LogP contribution >= 0.6 is 27.7 Å². The molecule has 0 saturated carbocycles. The second kappa shape index (κ2) is 9.59. The van der Waals surface area contributed by atoms with E-state index in [0.717, 1.165) is 38.3 Å². The van der Waals surface area contributed by atoms with Crippen LogP contribution in [0.5, 0.6) is 0 Å².